The Hall–Kier alpha value is -1.34. The zero-order valence-electron chi connectivity index (χ0n) is 12.4. The number of carbonyl (C=O) groups excluding carboxylic acids is 1. The Balaban J connectivity index is 1.84. The van der Waals surface area contributed by atoms with E-state index in [1.807, 2.05) is 18.2 Å². The lowest BCUT2D eigenvalue weighted by Crippen LogP contribution is -2.54. The van der Waals surface area contributed by atoms with E-state index in [9.17, 15) is 13.2 Å². The highest BCUT2D eigenvalue weighted by Crippen LogP contribution is 2.11. The van der Waals surface area contributed by atoms with Crippen LogP contribution in [0.5, 0.6) is 0 Å². The smallest absolute Gasteiger partial charge is 0.314 e. The van der Waals surface area contributed by atoms with Crippen LogP contribution in [0.15, 0.2) is 30.3 Å². The molecule has 7 heteroatoms. The zero-order chi connectivity index (χ0) is 15.5. The topological polar surface area (TPSA) is 75.3 Å². The van der Waals surface area contributed by atoms with Crippen LogP contribution in [-0.2, 0) is 9.84 Å². The van der Waals surface area contributed by atoms with Crippen molar-refractivity contribution in [3.05, 3.63) is 30.3 Å². The number of hydrogen-bond acceptors (Lipinski definition) is 3. The van der Waals surface area contributed by atoms with E-state index >= 15 is 0 Å². The first-order valence-corrected chi connectivity index (χ1v) is 12.1. The molecule has 1 aromatic rings. The number of amides is 2. The van der Waals surface area contributed by atoms with Gasteiger partial charge >= 0.3 is 6.03 Å². The molecule has 2 N–H and O–H groups in total. The highest BCUT2D eigenvalue weighted by atomic mass is 32.2. The van der Waals surface area contributed by atoms with Crippen molar-refractivity contribution in [3.63, 3.8) is 0 Å². The molecule has 0 saturated carbocycles. The molecule has 1 saturated heterocycles. The van der Waals surface area contributed by atoms with Crippen LogP contribution in [0.3, 0.4) is 0 Å². The lowest BCUT2D eigenvalue weighted by Gasteiger charge is -2.24. The minimum Gasteiger partial charge on any atom is -0.341 e. The van der Waals surface area contributed by atoms with Crippen molar-refractivity contribution in [3.8, 4) is 0 Å². The standard InChI is InChI=1S/C14H22N2O3SSi/c1-21(2,13-6-4-3-5-7-13)11-15-14(17)16-12-8-9-20(18,19)10-12/h3-7,12H,8-11H2,1-2H3,(H2,15,16,17)/t12-/m0/s1. The van der Waals surface area contributed by atoms with Crippen LogP contribution in [0, 0.1) is 0 Å². The van der Waals surface area contributed by atoms with Crippen LogP contribution in [-0.4, -0.2) is 46.2 Å². The fourth-order valence-corrected chi connectivity index (χ4v) is 6.01. The van der Waals surface area contributed by atoms with Crippen molar-refractivity contribution in [2.24, 2.45) is 0 Å². The van der Waals surface area contributed by atoms with Gasteiger partial charge in [0.05, 0.1) is 11.5 Å². The van der Waals surface area contributed by atoms with Gasteiger partial charge < -0.3 is 10.6 Å². The van der Waals surface area contributed by atoms with E-state index in [4.69, 9.17) is 0 Å². The van der Waals surface area contributed by atoms with Crippen molar-refractivity contribution in [1.29, 1.82) is 0 Å². The number of rotatable bonds is 4. The van der Waals surface area contributed by atoms with Gasteiger partial charge in [-0.25, -0.2) is 13.2 Å². The number of carbonyl (C=O) groups is 1. The Morgan fingerprint density at radius 3 is 2.52 bits per heavy atom. The molecule has 0 aliphatic carbocycles. The lowest BCUT2D eigenvalue weighted by molar-refractivity contribution is 0.239. The molecule has 1 atom stereocenters. The number of hydrogen-bond donors (Lipinski definition) is 2. The molecule has 0 unspecified atom stereocenters. The molecule has 1 aliphatic rings. The third-order valence-electron chi connectivity index (χ3n) is 3.81. The van der Waals surface area contributed by atoms with Crippen LogP contribution in [0.25, 0.3) is 0 Å². The van der Waals surface area contributed by atoms with E-state index in [1.165, 1.54) is 5.19 Å². The third-order valence-corrected chi connectivity index (χ3v) is 8.54. The van der Waals surface area contributed by atoms with Crippen molar-refractivity contribution in [1.82, 2.24) is 10.6 Å². The maximum absolute atomic E-state index is 11.9. The van der Waals surface area contributed by atoms with Gasteiger partial charge in [-0.3, -0.25) is 0 Å². The lowest BCUT2D eigenvalue weighted by atomic mass is 10.3. The second-order valence-corrected chi connectivity index (χ2v) is 13.1. The van der Waals surface area contributed by atoms with Crippen molar-refractivity contribution >= 4 is 29.1 Å². The highest BCUT2D eigenvalue weighted by molar-refractivity contribution is 7.91. The van der Waals surface area contributed by atoms with E-state index < -0.39 is 17.9 Å². The summed E-state index contributed by atoms with van der Waals surface area (Å²) in [6.45, 7) is 4.39. The van der Waals surface area contributed by atoms with E-state index in [-0.39, 0.29) is 23.6 Å². The molecule has 0 spiro atoms. The predicted molar refractivity (Wildman–Crippen MR) is 87.2 cm³/mol. The van der Waals surface area contributed by atoms with E-state index in [0.717, 1.165) is 0 Å². The van der Waals surface area contributed by atoms with Gasteiger partial charge in [-0.15, -0.1) is 0 Å². The molecule has 116 valence electrons. The molecule has 1 aromatic carbocycles. The van der Waals surface area contributed by atoms with Gasteiger partial charge in [0.25, 0.3) is 0 Å². The summed E-state index contributed by atoms with van der Waals surface area (Å²) in [5.74, 6) is 0.224. The number of nitrogens with one attached hydrogen (secondary N) is 2. The van der Waals surface area contributed by atoms with Gasteiger partial charge in [-0.2, -0.15) is 0 Å². The molecule has 1 heterocycles. The zero-order valence-corrected chi connectivity index (χ0v) is 14.2. The van der Waals surface area contributed by atoms with Crippen molar-refractivity contribution < 1.29 is 13.2 Å². The molecule has 1 fully saturated rings. The molecular weight excluding hydrogens is 304 g/mol. The van der Waals surface area contributed by atoms with E-state index in [2.05, 4.69) is 35.9 Å². The summed E-state index contributed by atoms with van der Waals surface area (Å²) in [5.41, 5.74) is 0. The minimum atomic E-state index is -2.96. The second kappa shape index (κ2) is 6.19. The average Bonchev–Trinajstić information content (AvgIpc) is 2.77. The Bertz CT molecular complexity index is 602. The summed E-state index contributed by atoms with van der Waals surface area (Å²) in [6.07, 6.45) is 1.14. The summed E-state index contributed by atoms with van der Waals surface area (Å²) in [4.78, 5) is 11.9. The largest absolute Gasteiger partial charge is 0.341 e. The monoisotopic (exact) mass is 326 g/mol. The van der Waals surface area contributed by atoms with Crippen LogP contribution in [0.2, 0.25) is 13.1 Å². The first kappa shape index (κ1) is 16.0. The van der Waals surface area contributed by atoms with Crippen LogP contribution in [0.4, 0.5) is 4.79 Å². The molecule has 0 aromatic heterocycles. The van der Waals surface area contributed by atoms with Crippen LogP contribution < -0.4 is 15.8 Å². The highest BCUT2D eigenvalue weighted by Gasteiger charge is 2.29. The van der Waals surface area contributed by atoms with Gasteiger partial charge in [-0.1, -0.05) is 48.6 Å². The molecule has 5 nitrogen and oxygen atoms in total. The molecule has 0 radical (unpaired) electrons. The third kappa shape index (κ3) is 4.57. The Labute approximate surface area is 127 Å². The average molecular weight is 326 g/mol. The number of benzene rings is 1. The van der Waals surface area contributed by atoms with Gasteiger partial charge in [0.2, 0.25) is 0 Å². The molecule has 1 aliphatic heterocycles. The number of sulfone groups is 1. The minimum absolute atomic E-state index is 0.0555. The van der Waals surface area contributed by atoms with Crippen molar-refractivity contribution in [2.45, 2.75) is 25.6 Å². The van der Waals surface area contributed by atoms with Gasteiger partial charge in [0, 0.05) is 12.2 Å². The molecule has 21 heavy (non-hydrogen) atoms. The normalized spacial score (nSPS) is 21.0. The molecule has 0 bridgehead atoms. The summed E-state index contributed by atoms with van der Waals surface area (Å²) < 4.78 is 22.7. The van der Waals surface area contributed by atoms with Crippen LogP contribution >= 0.6 is 0 Å². The second-order valence-electron chi connectivity index (χ2n) is 6.18. The summed E-state index contributed by atoms with van der Waals surface area (Å²) >= 11 is 0. The molecule has 2 rings (SSSR count). The van der Waals surface area contributed by atoms with E-state index in [1.54, 1.807) is 0 Å². The summed E-state index contributed by atoms with van der Waals surface area (Å²) in [6, 6.07) is 9.66. The van der Waals surface area contributed by atoms with E-state index in [0.29, 0.717) is 12.6 Å². The quantitative estimate of drug-likeness (QED) is 0.797. The molecule has 2 amide bonds. The maximum Gasteiger partial charge on any atom is 0.314 e. The Morgan fingerprint density at radius 1 is 1.29 bits per heavy atom. The SMILES string of the molecule is C[Si](C)(CNC(=O)N[C@H]1CCS(=O)(=O)C1)c1ccccc1. The summed E-state index contributed by atoms with van der Waals surface area (Å²) in [7, 11) is -4.68. The van der Waals surface area contributed by atoms with Gasteiger partial charge in [0.1, 0.15) is 8.07 Å². The fourth-order valence-electron chi connectivity index (χ4n) is 2.44. The van der Waals surface area contributed by atoms with Gasteiger partial charge in [-0.05, 0) is 6.42 Å². The Morgan fingerprint density at radius 2 is 1.95 bits per heavy atom. The summed E-state index contributed by atoms with van der Waals surface area (Å²) in [5, 5.41) is 6.93. The van der Waals surface area contributed by atoms with Crippen LogP contribution in [0.1, 0.15) is 6.42 Å². The first-order valence-electron chi connectivity index (χ1n) is 7.09. The van der Waals surface area contributed by atoms with Gasteiger partial charge in [0.15, 0.2) is 9.84 Å². The molecular formula is C14H22N2O3SSi. The number of urea groups is 1. The predicted octanol–water partition coefficient (Wildman–Crippen LogP) is 0.628. The Kier molecular flexibility index (Phi) is 4.73. The van der Waals surface area contributed by atoms with Crippen molar-refractivity contribution in [2.75, 3.05) is 17.7 Å². The maximum atomic E-state index is 11.9. The first-order chi connectivity index (χ1) is 9.78. The fraction of sp³-hybridized carbons (Fsp3) is 0.500.